The molecule has 0 radical (unpaired) electrons. The summed E-state index contributed by atoms with van der Waals surface area (Å²) in [6.45, 7) is 5.84. The molecule has 0 aliphatic heterocycles. The maximum Gasteiger partial charge on any atom is 0.137 e. The van der Waals surface area contributed by atoms with Crippen molar-refractivity contribution in [3.05, 3.63) is 29.3 Å². The monoisotopic (exact) mass is 284 g/mol. The van der Waals surface area contributed by atoms with Gasteiger partial charge < -0.3 is 25.0 Å². The minimum atomic E-state index is -0.621. The number of quaternary nitrogens is 1. The van der Waals surface area contributed by atoms with E-state index < -0.39 is 6.10 Å². The Morgan fingerprint density at radius 1 is 1.10 bits per heavy atom. The molecule has 114 valence electrons. The molecule has 4 N–H and O–H groups in total. The van der Waals surface area contributed by atoms with Gasteiger partial charge in [0, 0.05) is 0 Å². The van der Waals surface area contributed by atoms with Gasteiger partial charge in [0.25, 0.3) is 0 Å². The molecule has 0 amide bonds. The Balaban J connectivity index is 2.41. The molecular formula is C15H26NO4+. The van der Waals surface area contributed by atoms with Crippen LogP contribution < -0.4 is 9.64 Å². The molecule has 0 aromatic heterocycles. The number of nitrogens with one attached hydrogen (secondary N) is 1. The predicted molar refractivity (Wildman–Crippen MR) is 77.2 cm³/mol. The van der Waals surface area contributed by atoms with Crippen molar-refractivity contribution in [2.45, 2.75) is 20.0 Å². The van der Waals surface area contributed by atoms with Gasteiger partial charge in [-0.1, -0.05) is 6.07 Å². The minimum absolute atomic E-state index is 0.0417. The van der Waals surface area contributed by atoms with Crippen LogP contribution in [0.1, 0.15) is 11.1 Å². The molecule has 20 heavy (non-hydrogen) atoms. The number of aliphatic hydroxyl groups is 3. The fourth-order valence-corrected chi connectivity index (χ4v) is 2.03. The summed E-state index contributed by atoms with van der Waals surface area (Å²) in [5.74, 6) is 0.748. The zero-order chi connectivity index (χ0) is 15.0. The fourth-order valence-electron chi connectivity index (χ4n) is 2.03. The largest absolute Gasteiger partial charge is 0.491 e. The SMILES string of the molecule is Cc1ccc(OC[C@H](O)C[NH+](CCO)CCO)cc1C. The van der Waals surface area contributed by atoms with E-state index in [0.717, 1.165) is 16.2 Å². The van der Waals surface area contributed by atoms with Crippen LogP contribution in [0.3, 0.4) is 0 Å². The van der Waals surface area contributed by atoms with Crippen molar-refractivity contribution in [3.63, 3.8) is 0 Å². The van der Waals surface area contributed by atoms with E-state index in [1.165, 1.54) is 5.56 Å². The van der Waals surface area contributed by atoms with Gasteiger partial charge in [-0.05, 0) is 37.1 Å². The zero-order valence-corrected chi connectivity index (χ0v) is 12.3. The molecule has 1 aromatic carbocycles. The third-order valence-electron chi connectivity index (χ3n) is 3.38. The first-order valence-corrected chi connectivity index (χ1v) is 7.00. The van der Waals surface area contributed by atoms with E-state index in [-0.39, 0.29) is 19.8 Å². The van der Waals surface area contributed by atoms with Crippen molar-refractivity contribution < 1.29 is 25.0 Å². The Bertz CT molecular complexity index is 391. The Kier molecular flexibility index (Phi) is 7.54. The standard InChI is InChI=1S/C15H25NO4/c1-12-3-4-15(9-13(12)2)20-11-14(19)10-16(5-7-17)6-8-18/h3-4,9,14,17-19H,5-8,10-11H2,1-2H3/p+1/t14-/m1/s1. The van der Waals surface area contributed by atoms with Gasteiger partial charge in [-0.25, -0.2) is 0 Å². The number of rotatable bonds is 9. The van der Waals surface area contributed by atoms with Gasteiger partial charge in [0.2, 0.25) is 0 Å². The Morgan fingerprint density at radius 2 is 1.75 bits per heavy atom. The number of hydrogen-bond acceptors (Lipinski definition) is 4. The van der Waals surface area contributed by atoms with Crippen LogP contribution in [0.2, 0.25) is 0 Å². The summed E-state index contributed by atoms with van der Waals surface area (Å²) in [6, 6.07) is 5.83. The molecule has 5 nitrogen and oxygen atoms in total. The van der Waals surface area contributed by atoms with E-state index >= 15 is 0 Å². The molecule has 1 aromatic rings. The lowest BCUT2D eigenvalue weighted by Gasteiger charge is -2.21. The summed E-state index contributed by atoms with van der Waals surface area (Å²) in [5, 5.41) is 27.8. The van der Waals surface area contributed by atoms with Gasteiger partial charge >= 0.3 is 0 Å². The quantitative estimate of drug-likeness (QED) is 0.465. The lowest BCUT2D eigenvalue weighted by Crippen LogP contribution is -3.14. The Morgan fingerprint density at radius 3 is 2.30 bits per heavy atom. The molecule has 5 heteroatoms. The highest BCUT2D eigenvalue weighted by atomic mass is 16.5. The normalized spacial score (nSPS) is 12.7. The van der Waals surface area contributed by atoms with Gasteiger partial charge in [0.1, 0.15) is 38.1 Å². The summed E-state index contributed by atoms with van der Waals surface area (Å²) in [5.41, 5.74) is 2.37. The van der Waals surface area contributed by atoms with Crippen LogP contribution in [-0.4, -0.2) is 60.9 Å². The topological polar surface area (TPSA) is 74.4 Å². The molecule has 0 aliphatic carbocycles. The van der Waals surface area contributed by atoms with E-state index in [0.29, 0.717) is 19.6 Å². The lowest BCUT2D eigenvalue weighted by atomic mass is 10.1. The van der Waals surface area contributed by atoms with Crippen LogP contribution in [-0.2, 0) is 0 Å². The third-order valence-corrected chi connectivity index (χ3v) is 3.38. The molecule has 0 fully saturated rings. The highest BCUT2D eigenvalue weighted by molar-refractivity contribution is 5.33. The summed E-state index contributed by atoms with van der Waals surface area (Å²) in [7, 11) is 0. The molecule has 1 atom stereocenters. The van der Waals surface area contributed by atoms with Crippen molar-refractivity contribution in [1.29, 1.82) is 0 Å². The molecule has 0 aliphatic rings. The Labute approximate surface area is 120 Å². The van der Waals surface area contributed by atoms with Crippen LogP contribution in [0.5, 0.6) is 5.75 Å². The van der Waals surface area contributed by atoms with Gasteiger partial charge in [0.15, 0.2) is 0 Å². The van der Waals surface area contributed by atoms with Crippen molar-refractivity contribution in [1.82, 2.24) is 0 Å². The van der Waals surface area contributed by atoms with Crippen LogP contribution in [0.4, 0.5) is 0 Å². The number of hydrogen-bond donors (Lipinski definition) is 4. The first-order valence-electron chi connectivity index (χ1n) is 7.00. The van der Waals surface area contributed by atoms with E-state index in [1.54, 1.807) is 0 Å². The van der Waals surface area contributed by atoms with Crippen molar-refractivity contribution in [2.24, 2.45) is 0 Å². The maximum absolute atomic E-state index is 9.95. The summed E-state index contributed by atoms with van der Waals surface area (Å²) in [6.07, 6.45) is -0.621. The fraction of sp³-hybridized carbons (Fsp3) is 0.600. The van der Waals surface area contributed by atoms with Crippen LogP contribution >= 0.6 is 0 Å². The second kappa shape index (κ2) is 8.92. The van der Waals surface area contributed by atoms with Crippen molar-refractivity contribution in [3.8, 4) is 5.75 Å². The zero-order valence-electron chi connectivity index (χ0n) is 12.3. The first kappa shape index (κ1) is 16.9. The molecule has 0 bridgehead atoms. The minimum Gasteiger partial charge on any atom is -0.491 e. The molecule has 1 rings (SSSR count). The number of benzene rings is 1. The smallest absolute Gasteiger partial charge is 0.137 e. The lowest BCUT2D eigenvalue weighted by molar-refractivity contribution is -0.903. The van der Waals surface area contributed by atoms with Crippen LogP contribution in [0, 0.1) is 13.8 Å². The Hall–Kier alpha value is -1.14. The van der Waals surface area contributed by atoms with E-state index in [2.05, 4.69) is 0 Å². The van der Waals surface area contributed by atoms with E-state index in [1.807, 2.05) is 32.0 Å². The first-order chi connectivity index (χ1) is 9.56. The number of aliphatic hydroxyl groups excluding tert-OH is 3. The average Bonchev–Trinajstić information content (AvgIpc) is 2.41. The second-order valence-electron chi connectivity index (χ2n) is 5.11. The van der Waals surface area contributed by atoms with Crippen molar-refractivity contribution in [2.75, 3.05) is 39.5 Å². The summed E-state index contributed by atoms with van der Waals surface area (Å²) < 4.78 is 5.57. The highest BCUT2D eigenvalue weighted by Crippen LogP contribution is 2.16. The molecule has 0 saturated heterocycles. The molecule has 0 heterocycles. The van der Waals surface area contributed by atoms with E-state index in [9.17, 15) is 5.11 Å². The highest BCUT2D eigenvalue weighted by Gasteiger charge is 2.15. The number of ether oxygens (including phenoxy) is 1. The molecular weight excluding hydrogens is 258 g/mol. The number of aryl methyl sites for hydroxylation is 2. The second-order valence-corrected chi connectivity index (χ2v) is 5.11. The molecule has 0 saturated carbocycles. The predicted octanol–water partition coefficient (Wildman–Crippen LogP) is -1.09. The molecule has 0 spiro atoms. The van der Waals surface area contributed by atoms with Gasteiger partial charge in [-0.2, -0.15) is 0 Å². The van der Waals surface area contributed by atoms with Crippen LogP contribution in [0.15, 0.2) is 18.2 Å². The van der Waals surface area contributed by atoms with Gasteiger partial charge in [-0.3, -0.25) is 0 Å². The van der Waals surface area contributed by atoms with Gasteiger partial charge in [0.05, 0.1) is 13.2 Å². The summed E-state index contributed by atoms with van der Waals surface area (Å²) in [4.78, 5) is 0.964. The van der Waals surface area contributed by atoms with E-state index in [4.69, 9.17) is 14.9 Å². The van der Waals surface area contributed by atoms with Crippen molar-refractivity contribution >= 4 is 0 Å². The van der Waals surface area contributed by atoms with Crippen LogP contribution in [0.25, 0.3) is 0 Å². The maximum atomic E-state index is 9.95. The van der Waals surface area contributed by atoms with Gasteiger partial charge in [-0.15, -0.1) is 0 Å². The molecule has 0 unspecified atom stereocenters. The average molecular weight is 284 g/mol. The third kappa shape index (κ3) is 5.88. The summed E-state index contributed by atoms with van der Waals surface area (Å²) >= 11 is 0.